The van der Waals surface area contributed by atoms with Gasteiger partial charge in [-0.2, -0.15) is 0 Å². The number of methoxy groups -OCH3 is 2. The van der Waals surface area contributed by atoms with E-state index in [0.717, 1.165) is 146 Å². The van der Waals surface area contributed by atoms with Crippen LogP contribution in [0.1, 0.15) is 127 Å². The first-order chi connectivity index (χ1) is 41.9. The molecule has 5 heterocycles. The lowest BCUT2D eigenvalue weighted by Gasteiger charge is -2.34. The average molecular weight is 1240 g/mol. The molecule has 0 aliphatic carbocycles. The topological polar surface area (TPSA) is 50.9 Å². The normalized spacial score (nSPS) is 17.5. The van der Waals surface area contributed by atoms with Crippen LogP contribution in [-0.2, 0) is 0 Å². The third kappa shape index (κ3) is 20.8. The van der Waals surface area contributed by atoms with Crippen molar-refractivity contribution < 1.29 is 22.6 Å². The van der Waals surface area contributed by atoms with Gasteiger partial charge in [-0.25, -0.2) is 13.2 Å². The van der Waals surface area contributed by atoms with E-state index in [1.54, 1.807) is 25.2 Å². The molecule has 88 heavy (non-hydrogen) atoms. The lowest BCUT2D eigenvalue weighted by molar-refractivity contribution is 0.310. The van der Waals surface area contributed by atoms with Crippen LogP contribution in [0.15, 0.2) is 84.9 Å². The van der Waals surface area contributed by atoms with Crippen molar-refractivity contribution in [1.82, 2.24) is 24.5 Å². The van der Waals surface area contributed by atoms with Crippen LogP contribution in [-0.4, -0.2) is 205 Å². The molecule has 0 N–H and O–H groups in total. The first-order valence-corrected chi connectivity index (χ1v) is 32.9. The summed E-state index contributed by atoms with van der Waals surface area (Å²) in [5.41, 5.74) is 10.3. The summed E-state index contributed by atoms with van der Waals surface area (Å²) in [4.78, 5) is 22.8. The molecule has 0 unspecified atom stereocenters. The van der Waals surface area contributed by atoms with Gasteiger partial charge in [0.25, 0.3) is 0 Å². The molecule has 0 saturated carbocycles. The van der Waals surface area contributed by atoms with Gasteiger partial charge < -0.3 is 58.5 Å². The number of hydrogen-bond acceptors (Lipinski definition) is 12. The van der Waals surface area contributed by atoms with Crippen molar-refractivity contribution >= 4 is 40.0 Å². The summed E-state index contributed by atoms with van der Waals surface area (Å²) < 4.78 is 53.1. The molecular formula is C72H110ClF3N10O2. The number of piperazine rings is 5. The summed E-state index contributed by atoms with van der Waals surface area (Å²) in [6, 6.07) is 28.3. The van der Waals surface area contributed by atoms with Gasteiger partial charge in [-0.05, 0) is 147 Å². The Labute approximate surface area is 535 Å². The van der Waals surface area contributed by atoms with Crippen LogP contribution in [0.4, 0.5) is 41.6 Å². The number of ether oxygens (including phenoxy) is 2. The Bertz CT molecular complexity index is 2860. The molecule has 0 spiro atoms. The second-order valence-electron chi connectivity index (χ2n) is 26.3. The second kappa shape index (κ2) is 34.7. The van der Waals surface area contributed by atoms with Gasteiger partial charge in [-0.1, -0.05) is 105 Å². The molecule has 16 heteroatoms. The zero-order valence-electron chi connectivity index (χ0n) is 56.9. The van der Waals surface area contributed by atoms with E-state index < -0.39 is 11.6 Å². The first-order valence-electron chi connectivity index (χ1n) is 32.5. The number of benzene rings is 5. The minimum atomic E-state index is -0.441. The fourth-order valence-corrected chi connectivity index (χ4v) is 11.8. The largest absolute Gasteiger partial charge is 0.496 e. The Morgan fingerprint density at radius 2 is 0.682 bits per heavy atom. The number of halogens is 4. The van der Waals surface area contributed by atoms with Gasteiger partial charge in [0, 0.05) is 148 Å². The summed E-state index contributed by atoms with van der Waals surface area (Å²) in [5.74, 6) is 3.03. The molecule has 0 amide bonds. The summed E-state index contributed by atoms with van der Waals surface area (Å²) in [7, 11) is 14.2. The summed E-state index contributed by atoms with van der Waals surface area (Å²) >= 11 is 6.39. The molecule has 5 aliphatic rings. The van der Waals surface area contributed by atoms with E-state index in [2.05, 4.69) is 168 Å². The van der Waals surface area contributed by atoms with E-state index in [0.29, 0.717) is 36.4 Å². The van der Waals surface area contributed by atoms with Crippen molar-refractivity contribution in [2.24, 2.45) is 0 Å². The van der Waals surface area contributed by atoms with Crippen molar-refractivity contribution in [2.45, 2.75) is 98.8 Å². The fraction of sp³-hybridized carbons (Fsp3) is 0.583. The molecule has 0 bridgehead atoms. The van der Waals surface area contributed by atoms with Crippen molar-refractivity contribution in [1.29, 1.82) is 0 Å². The SMILES string of the molecule is CC(C)c1cc(F)c(N2CCN(C)CC2)c(F)c1.CC(C)c1ccc(N2CCN(C)CC2)c(Cl)c1.CC(C)c1ccc(N2CCN(C)CC2)cc1F.COc1cc(C(C)C)ccc1N1CCN(C)CC1.COc1cc(N2CCN(C)CC2)ccc1C(C)C. The van der Waals surface area contributed by atoms with Gasteiger partial charge >= 0.3 is 0 Å². The maximum absolute atomic E-state index is 14.1. The lowest BCUT2D eigenvalue weighted by Crippen LogP contribution is -2.45. The molecule has 12 nitrogen and oxygen atoms in total. The molecular weight excluding hydrogens is 1130 g/mol. The summed E-state index contributed by atoms with van der Waals surface area (Å²) in [6.45, 7) is 41.4. The standard InChI is InChI=1S/2C15H24N2O.C14H21ClN2.C14H20F2N2.C14H21FN2/c1-12(2)14-6-5-13(11-15(14)18-4)17-9-7-16(3)8-10-17;1-12(2)13-5-6-14(15(11-13)18-4)17-9-7-16(3)8-10-17;1-11(2)12-4-5-14(13(15)10-12)17-8-6-16(3)7-9-17;1-10(2)11-8-12(15)14(13(16)9-11)18-6-4-17(3)5-7-18;1-11(2)13-5-4-12(10-14(13)15)17-8-6-16(3)7-9-17/h2*5-6,11-12H,7-10H2,1-4H3;4-5,10-11H,6-9H2,1-3H3;8-10H,4-7H2,1-3H3;4-5,10-11H,6-9H2,1-3H3. The highest BCUT2D eigenvalue weighted by atomic mass is 35.5. The van der Waals surface area contributed by atoms with Gasteiger partial charge in [0.2, 0.25) is 0 Å². The van der Waals surface area contributed by atoms with Crippen LogP contribution in [0.2, 0.25) is 5.02 Å². The number of nitrogens with zero attached hydrogens (tertiary/aromatic N) is 10. The first kappa shape index (κ1) is 71.7. The van der Waals surface area contributed by atoms with Gasteiger partial charge in [0.05, 0.1) is 30.6 Å². The lowest BCUT2D eigenvalue weighted by atomic mass is 10.0. The van der Waals surface area contributed by atoms with Crippen LogP contribution in [0.25, 0.3) is 0 Å². The minimum absolute atomic E-state index is 0.0728. The van der Waals surface area contributed by atoms with Crippen molar-refractivity contribution in [3.05, 3.63) is 135 Å². The number of likely N-dealkylation sites (N-methyl/N-ethyl adjacent to an activating group) is 5. The fourth-order valence-electron chi connectivity index (χ4n) is 11.5. The van der Waals surface area contributed by atoms with Crippen LogP contribution < -0.4 is 34.0 Å². The van der Waals surface area contributed by atoms with Gasteiger partial charge in [-0.3, -0.25) is 0 Å². The maximum Gasteiger partial charge on any atom is 0.149 e. The van der Waals surface area contributed by atoms with Crippen molar-refractivity contribution in [3.63, 3.8) is 0 Å². The highest BCUT2D eigenvalue weighted by Gasteiger charge is 2.24. The van der Waals surface area contributed by atoms with Crippen LogP contribution in [0.3, 0.4) is 0 Å². The number of hydrogen-bond donors (Lipinski definition) is 0. The Morgan fingerprint density at radius 3 is 1.06 bits per heavy atom. The monoisotopic (exact) mass is 1240 g/mol. The van der Waals surface area contributed by atoms with Gasteiger partial charge in [0.15, 0.2) is 0 Å². The highest BCUT2D eigenvalue weighted by Crippen LogP contribution is 2.35. The van der Waals surface area contributed by atoms with Crippen molar-refractivity contribution in [3.8, 4) is 11.5 Å². The van der Waals surface area contributed by atoms with Crippen LogP contribution >= 0.6 is 11.6 Å². The van der Waals surface area contributed by atoms with E-state index in [4.69, 9.17) is 21.1 Å². The maximum atomic E-state index is 14.1. The number of rotatable bonds is 12. The smallest absolute Gasteiger partial charge is 0.149 e. The molecule has 5 saturated heterocycles. The Balaban J connectivity index is 0.000000176. The van der Waals surface area contributed by atoms with Crippen molar-refractivity contribution in [2.75, 3.05) is 205 Å². The van der Waals surface area contributed by atoms with E-state index in [1.807, 2.05) is 46.9 Å². The highest BCUT2D eigenvalue weighted by molar-refractivity contribution is 6.33. The molecule has 5 aromatic carbocycles. The van der Waals surface area contributed by atoms with E-state index in [-0.39, 0.29) is 23.3 Å². The van der Waals surface area contributed by atoms with E-state index >= 15 is 0 Å². The second-order valence-corrected chi connectivity index (χ2v) is 26.7. The predicted octanol–water partition coefficient (Wildman–Crippen LogP) is 13.9. The molecule has 5 aliphatic heterocycles. The number of anilines is 5. The Morgan fingerprint density at radius 1 is 0.330 bits per heavy atom. The van der Waals surface area contributed by atoms with E-state index in [1.165, 1.54) is 45.9 Å². The summed E-state index contributed by atoms with van der Waals surface area (Å²) in [6.07, 6.45) is 0. The Kier molecular flexibility index (Phi) is 28.2. The zero-order valence-corrected chi connectivity index (χ0v) is 57.7. The average Bonchev–Trinajstić information content (AvgIpc) is 2.24. The minimum Gasteiger partial charge on any atom is -0.496 e. The van der Waals surface area contributed by atoms with E-state index in [9.17, 15) is 13.2 Å². The summed E-state index contributed by atoms with van der Waals surface area (Å²) in [5, 5.41) is 0.890. The molecule has 0 aromatic heterocycles. The van der Waals surface area contributed by atoms with Crippen LogP contribution in [0.5, 0.6) is 11.5 Å². The predicted molar refractivity (Wildman–Crippen MR) is 369 cm³/mol. The molecule has 5 aromatic rings. The quantitative estimate of drug-likeness (QED) is 0.120. The van der Waals surface area contributed by atoms with Gasteiger partial charge in [-0.15, -0.1) is 0 Å². The van der Waals surface area contributed by atoms with Crippen LogP contribution in [0, 0.1) is 17.5 Å². The zero-order chi connectivity index (χ0) is 64.4. The Hall–Kier alpha value is -5.42. The third-order valence-electron chi connectivity index (χ3n) is 17.9. The molecule has 5 fully saturated rings. The molecule has 0 radical (unpaired) electrons. The molecule has 10 rings (SSSR count). The third-order valence-corrected chi connectivity index (χ3v) is 18.2. The molecule has 0 atom stereocenters. The molecule has 488 valence electrons. The van der Waals surface area contributed by atoms with Gasteiger partial charge in [0.1, 0.15) is 34.6 Å².